The Kier molecular flexibility index (Phi) is 5.02. The maximum absolute atomic E-state index is 12.4. The van der Waals surface area contributed by atoms with E-state index in [0.717, 1.165) is 38.2 Å². The predicted molar refractivity (Wildman–Crippen MR) is 80.8 cm³/mol. The van der Waals surface area contributed by atoms with E-state index in [0.29, 0.717) is 13.1 Å². The minimum absolute atomic E-state index is 0.0380. The Morgan fingerprint density at radius 1 is 1.09 bits per heavy atom. The van der Waals surface area contributed by atoms with Crippen molar-refractivity contribution in [3.05, 3.63) is 18.0 Å². The number of likely N-dealkylation sites (tertiary alicyclic amines) is 1. The minimum Gasteiger partial charge on any atom is -0.346 e. The number of ketones is 1. The Morgan fingerprint density at radius 2 is 1.64 bits per heavy atom. The number of hydrogen-bond donors (Lipinski definition) is 1. The van der Waals surface area contributed by atoms with Crippen LogP contribution in [0, 0.1) is 0 Å². The monoisotopic (exact) mass is 327 g/mol. The summed E-state index contributed by atoms with van der Waals surface area (Å²) in [5, 5.41) is 5.05. The van der Waals surface area contributed by atoms with Crippen molar-refractivity contribution in [2.24, 2.45) is 12.2 Å². The SMILES string of the molecule is Cn1cc(S(N)(=O)=O)cc1C(=O)C(=O)N1CCCCCCC1. The number of carbonyl (C=O) groups excluding carboxylic acids is 2. The van der Waals surface area contributed by atoms with Crippen molar-refractivity contribution in [3.8, 4) is 0 Å². The first kappa shape index (κ1) is 16.7. The number of aryl methyl sites for hydroxylation is 1. The van der Waals surface area contributed by atoms with E-state index in [4.69, 9.17) is 5.14 Å². The Bertz CT molecular complexity index is 670. The van der Waals surface area contributed by atoms with E-state index in [2.05, 4.69) is 0 Å². The van der Waals surface area contributed by atoms with Gasteiger partial charge in [0.2, 0.25) is 10.0 Å². The molecule has 0 aliphatic carbocycles. The summed E-state index contributed by atoms with van der Waals surface area (Å²) in [5.41, 5.74) is 0.0380. The molecule has 0 spiro atoms. The lowest BCUT2D eigenvalue weighted by Gasteiger charge is -2.24. The zero-order valence-electron chi connectivity index (χ0n) is 12.6. The molecule has 0 aromatic carbocycles. The topological polar surface area (TPSA) is 102 Å². The van der Waals surface area contributed by atoms with Crippen molar-refractivity contribution in [2.75, 3.05) is 13.1 Å². The summed E-state index contributed by atoms with van der Waals surface area (Å²) in [5.74, 6) is -1.28. The summed E-state index contributed by atoms with van der Waals surface area (Å²) in [6.45, 7) is 1.13. The van der Waals surface area contributed by atoms with Crippen LogP contribution in [0.5, 0.6) is 0 Å². The normalized spacial score (nSPS) is 16.9. The lowest BCUT2D eigenvalue weighted by Crippen LogP contribution is -2.39. The van der Waals surface area contributed by atoms with Gasteiger partial charge in [-0.15, -0.1) is 0 Å². The first-order valence-electron chi connectivity index (χ1n) is 7.33. The Labute approximate surface area is 130 Å². The highest BCUT2D eigenvalue weighted by Crippen LogP contribution is 2.15. The highest BCUT2D eigenvalue weighted by molar-refractivity contribution is 7.89. The van der Waals surface area contributed by atoms with Gasteiger partial charge < -0.3 is 9.47 Å². The van der Waals surface area contributed by atoms with Crippen LogP contribution < -0.4 is 5.14 Å². The molecule has 0 bridgehead atoms. The molecule has 1 amide bonds. The van der Waals surface area contributed by atoms with Gasteiger partial charge in [0, 0.05) is 26.3 Å². The summed E-state index contributed by atoms with van der Waals surface area (Å²) < 4.78 is 24.0. The van der Waals surface area contributed by atoms with Gasteiger partial charge in [0.1, 0.15) is 4.90 Å². The van der Waals surface area contributed by atoms with Crippen molar-refractivity contribution < 1.29 is 18.0 Å². The molecule has 1 fully saturated rings. The van der Waals surface area contributed by atoms with Crippen molar-refractivity contribution in [1.29, 1.82) is 0 Å². The molecular weight excluding hydrogens is 306 g/mol. The molecule has 2 rings (SSSR count). The quantitative estimate of drug-likeness (QED) is 0.650. The van der Waals surface area contributed by atoms with Crippen LogP contribution in [0.15, 0.2) is 17.2 Å². The number of rotatable bonds is 3. The lowest BCUT2D eigenvalue weighted by molar-refractivity contribution is -0.126. The second-order valence-electron chi connectivity index (χ2n) is 5.61. The fourth-order valence-electron chi connectivity index (χ4n) is 2.62. The minimum atomic E-state index is -3.90. The van der Waals surface area contributed by atoms with Gasteiger partial charge in [0.25, 0.3) is 11.7 Å². The average Bonchev–Trinajstić information content (AvgIpc) is 2.79. The zero-order valence-corrected chi connectivity index (χ0v) is 13.4. The molecule has 0 atom stereocenters. The molecule has 2 N–H and O–H groups in total. The Balaban J connectivity index is 2.19. The molecule has 0 saturated carbocycles. The lowest BCUT2D eigenvalue weighted by atomic mass is 10.1. The van der Waals surface area contributed by atoms with Gasteiger partial charge in [-0.1, -0.05) is 19.3 Å². The summed E-state index contributed by atoms with van der Waals surface area (Å²) in [7, 11) is -2.38. The van der Waals surface area contributed by atoms with Crippen molar-refractivity contribution in [3.63, 3.8) is 0 Å². The number of nitrogens with two attached hydrogens (primary N) is 1. The third-order valence-corrected chi connectivity index (χ3v) is 4.76. The maximum atomic E-state index is 12.4. The molecule has 2 heterocycles. The van der Waals surface area contributed by atoms with E-state index in [-0.39, 0.29) is 10.6 Å². The standard InChI is InChI=1S/C14H21N3O4S/c1-16-10-11(22(15,20)21)9-12(16)13(18)14(19)17-7-5-3-2-4-6-8-17/h9-10H,2-8H2,1H3,(H2,15,20,21). The van der Waals surface area contributed by atoms with Gasteiger partial charge in [-0.05, 0) is 18.9 Å². The molecule has 0 radical (unpaired) electrons. The van der Waals surface area contributed by atoms with Crippen LogP contribution in [0.4, 0.5) is 0 Å². The van der Waals surface area contributed by atoms with Gasteiger partial charge in [-0.2, -0.15) is 0 Å². The Hall–Kier alpha value is -1.67. The van der Waals surface area contributed by atoms with Crippen LogP contribution in [0.1, 0.15) is 42.6 Å². The molecule has 1 aliphatic rings. The number of nitrogens with zero attached hydrogens (tertiary/aromatic N) is 2. The third-order valence-electron chi connectivity index (χ3n) is 3.88. The Morgan fingerprint density at radius 3 is 2.14 bits per heavy atom. The largest absolute Gasteiger partial charge is 0.346 e. The smallest absolute Gasteiger partial charge is 0.296 e. The van der Waals surface area contributed by atoms with Crippen LogP contribution in [0.2, 0.25) is 0 Å². The summed E-state index contributed by atoms with van der Waals surface area (Å²) in [4.78, 5) is 26.1. The van der Waals surface area contributed by atoms with Crippen LogP contribution in [-0.4, -0.2) is 42.7 Å². The van der Waals surface area contributed by atoms with E-state index >= 15 is 0 Å². The molecule has 8 heteroatoms. The van der Waals surface area contributed by atoms with Crippen LogP contribution in [0.25, 0.3) is 0 Å². The van der Waals surface area contributed by atoms with E-state index in [1.807, 2.05) is 0 Å². The van der Waals surface area contributed by atoms with Gasteiger partial charge in [-0.3, -0.25) is 9.59 Å². The van der Waals surface area contributed by atoms with Crippen molar-refractivity contribution >= 4 is 21.7 Å². The summed E-state index contributed by atoms with van der Waals surface area (Å²) in [6, 6.07) is 1.15. The van der Waals surface area contributed by atoms with E-state index < -0.39 is 21.7 Å². The molecule has 1 aromatic heterocycles. The number of hydrogen-bond acceptors (Lipinski definition) is 4. The molecule has 1 aromatic rings. The van der Waals surface area contributed by atoms with E-state index in [1.54, 1.807) is 4.90 Å². The van der Waals surface area contributed by atoms with Crippen molar-refractivity contribution in [2.45, 2.75) is 37.0 Å². The van der Waals surface area contributed by atoms with Crippen LogP contribution in [-0.2, 0) is 21.9 Å². The molecule has 22 heavy (non-hydrogen) atoms. The highest BCUT2D eigenvalue weighted by atomic mass is 32.2. The summed E-state index contributed by atoms with van der Waals surface area (Å²) in [6.07, 6.45) is 6.27. The number of aromatic nitrogens is 1. The fourth-order valence-corrected chi connectivity index (χ4v) is 3.20. The number of amides is 1. The maximum Gasteiger partial charge on any atom is 0.296 e. The number of sulfonamides is 1. The van der Waals surface area contributed by atoms with Crippen molar-refractivity contribution in [1.82, 2.24) is 9.47 Å². The van der Waals surface area contributed by atoms with E-state index in [1.165, 1.54) is 17.8 Å². The van der Waals surface area contributed by atoms with E-state index in [9.17, 15) is 18.0 Å². The molecule has 1 saturated heterocycles. The summed E-state index contributed by atoms with van der Waals surface area (Å²) >= 11 is 0. The van der Waals surface area contributed by atoms with Gasteiger partial charge in [0.05, 0.1) is 5.69 Å². The zero-order chi connectivity index (χ0) is 16.3. The van der Waals surface area contributed by atoms with Gasteiger partial charge in [-0.25, -0.2) is 13.6 Å². The predicted octanol–water partition coefficient (Wildman–Crippen LogP) is 0.648. The fraction of sp³-hybridized carbons (Fsp3) is 0.571. The first-order chi connectivity index (χ1) is 10.3. The second kappa shape index (κ2) is 6.62. The van der Waals surface area contributed by atoms with Crippen LogP contribution in [0.3, 0.4) is 0 Å². The number of carbonyl (C=O) groups is 2. The average molecular weight is 327 g/mol. The van der Waals surface area contributed by atoms with Gasteiger partial charge >= 0.3 is 0 Å². The first-order valence-corrected chi connectivity index (χ1v) is 8.88. The van der Waals surface area contributed by atoms with Gasteiger partial charge in [0.15, 0.2) is 0 Å². The molecule has 1 aliphatic heterocycles. The molecule has 122 valence electrons. The van der Waals surface area contributed by atoms with Crippen LogP contribution >= 0.6 is 0 Å². The molecular formula is C14H21N3O4S. The second-order valence-corrected chi connectivity index (χ2v) is 7.17. The number of primary sulfonamides is 1. The highest BCUT2D eigenvalue weighted by Gasteiger charge is 2.27. The molecule has 7 nitrogen and oxygen atoms in total. The third kappa shape index (κ3) is 3.75. The molecule has 0 unspecified atom stereocenters. The number of Topliss-reactive ketones (excluding diaryl/α,β-unsaturated/α-hetero) is 1.